The van der Waals surface area contributed by atoms with Crippen molar-refractivity contribution < 1.29 is 9.90 Å². The van der Waals surface area contributed by atoms with Crippen molar-refractivity contribution in [1.29, 1.82) is 0 Å². The number of hydrogen-bond acceptors (Lipinski definition) is 3. The molecule has 1 heterocycles. The van der Waals surface area contributed by atoms with Crippen LogP contribution < -0.4 is 11.1 Å². The topological polar surface area (TPSA) is 91.1 Å². The number of nitrogens with one attached hydrogen (secondary N) is 2. The molecular weight excluding hydrogens is 230 g/mol. The van der Waals surface area contributed by atoms with E-state index in [1.807, 2.05) is 12.3 Å². The number of hydrogen-bond donors (Lipinski definition) is 4. The minimum atomic E-state index is -0.0276. The van der Waals surface area contributed by atoms with E-state index < -0.39 is 0 Å². The Labute approximate surface area is 105 Å². The van der Waals surface area contributed by atoms with Crippen LogP contribution in [0.3, 0.4) is 0 Å². The number of rotatable bonds is 5. The van der Waals surface area contributed by atoms with Crippen LogP contribution in [0.15, 0.2) is 24.4 Å². The third-order valence-corrected chi connectivity index (χ3v) is 2.84. The minimum Gasteiger partial charge on any atom is -0.508 e. The van der Waals surface area contributed by atoms with Crippen LogP contribution in [0.4, 0.5) is 0 Å². The van der Waals surface area contributed by atoms with Gasteiger partial charge < -0.3 is 21.1 Å². The summed E-state index contributed by atoms with van der Waals surface area (Å²) in [7, 11) is 0. The normalized spacial score (nSPS) is 10.7. The first-order chi connectivity index (χ1) is 8.70. The molecule has 0 unspecified atom stereocenters. The number of nitrogens with two attached hydrogens (primary N) is 1. The van der Waals surface area contributed by atoms with Crippen molar-refractivity contribution in [2.24, 2.45) is 5.73 Å². The first kappa shape index (κ1) is 12.4. The summed E-state index contributed by atoms with van der Waals surface area (Å²) in [5.74, 6) is 0.218. The summed E-state index contributed by atoms with van der Waals surface area (Å²) in [5.41, 5.74) is 7.35. The van der Waals surface area contributed by atoms with Crippen molar-refractivity contribution in [3.8, 4) is 5.75 Å². The molecule has 5 N–H and O–H groups in total. The fourth-order valence-corrected chi connectivity index (χ4v) is 1.93. The third kappa shape index (κ3) is 2.81. The van der Waals surface area contributed by atoms with E-state index >= 15 is 0 Å². The second-order valence-corrected chi connectivity index (χ2v) is 4.18. The van der Waals surface area contributed by atoms with Gasteiger partial charge >= 0.3 is 0 Å². The SMILES string of the molecule is NCCC(=O)NCCc1c[nH]c2ccc(O)cc12. The number of aromatic amines is 1. The highest BCUT2D eigenvalue weighted by molar-refractivity contribution is 5.84. The maximum absolute atomic E-state index is 11.3. The number of aromatic hydroxyl groups is 1. The summed E-state index contributed by atoms with van der Waals surface area (Å²) in [6.45, 7) is 0.939. The Balaban J connectivity index is 1.99. The predicted octanol–water partition coefficient (Wildman–Crippen LogP) is 0.881. The van der Waals surface area contributed by atoms with Gasteiger partial charge in [0.1, 0.15) is 5.75 Å². The molecule has 96 valence electrons. The fraction of sp³-hybridized carbons (Fsp3) is 0.308. The number of carbonyl (C=O) groups excluding carboxylic acids is 1. The quantitative estimate of drug-likeness (QED) is 0.632. The van der Waals surface area contributed by atoms with Crippen LogP contribution in [0.25, 0.3) is 10.9 Å². The lowest BCUT2D eigenvalue weighted by Crippen LogP contribution is -2.27. The molecule has 1 aromatic carbocycles. The number of fused-ring (bicyclic) bond motifs is 1. The van der Waals surface area contributed by atoms with Crippen LogP contribution in [-0.2, 0) is 11.2 Å². The van der Waals surface area contributed by atoms with Gasteiger partial charge in [0.2, 0.25) is 5.91 Å². The van der Waals surface area contributed by atoms with Crippen molar-refractivity contribution in [1.82, 2.24) is 10.3 Å². The molecule has 0 aliphatic heterocycles. The molecule has 0 spiro atoms. The molecule has 2 rings (SSSR count). The first-order valence-electron chi connectivity index (χ1n) is 5.96. The third-order valence-electron chi connectivity index (χ3n) is 2.84. The van der Waals surface area contributed by atoms with Crippen molar-refractivity contribution >= 4 is 16.8 Å². The molecule has 18 heavy (non-hydrogen) atoms. The van der Waals surface area contributed by atoms with Crippen molar-refractivity contribution in [3.05, 3.63) is 30.0 Å². The molecule has 1 amide bonds. The van der Waals surface area contributed by atoms with E-state index in [1.54, 1.807) is 12.1 Å². The molecule has 5 heteroatoms. The number of phenolic OH excluding ortho intramolecular Hbond substituents is 1. The number of benzene rings is 1. The van der Waals surface area contributed by atoms with Gasteiger partial charge in [-0.1, -0.05) is 0 Å². The van der Waals surface area contributed by atoms with Crippen LogP contribution in [0, 0.1) is 0 Å². The van der Waals surface area contributed by atoms with Gasteiger partial charge in [-0.2, -0.15) is 0 Å². The van der Waals surface area contributed by atoms with Gasteiger partial charge in [0.15, 0.2) is 0 Å². The van der Waals surface area contributed by atoms with E-state index in [2.05, 4.69) is 10.3 Å². The lowest BCUT2D eigenvalue weighted by atomic mass is 10.1. The molecule has 0 fully saturated rings. The van der Waals surface area contributed by atoms with Crippen molar-refractivity contribution in [2.75, 3.05) is 13.1 Å². The average Bonchev–Trinajstić information content (AvgIpc) is 2.72. The molecule has 0 saturated heterocycles. The molecule has 1 aromatic heterocycles. The van der Waals surface area contributed by atoms with Crippen LogP contribution >= 0.6 is 0 Å². The summed E-state index contributed by atoms with van der Waals surface area (Å²) in [6, 6.07) is 5.20. The number of carbonyl (C=O) groups is 1. The molecular formula is C13H17N3O2. The number of aromatic nitrogens is 1. The summed E-state index contributed by atoms with van der Waals surface area (Å²) >= 11 is 0. The smallest absolute Gasteiger partial charge is 0.221 e. The van der Waals surface area contributed by atoms with Crippen LogP contribution in [0.5, 0.6) is 5.75 Å². The zero-order valence-corrected chi connectivity index (χ0v) is 10.1. The Morgan fingerprint density at radius 3 is 3.06 bits per heavy atom. The minimum absolute atomic E-state index is 0.0276. The Morgan fingerprint density at radius 1 is 1.44 bits per heavy atom. The number of amides is 1. The Bertz CT molecular complexity index is 548. The van der Waals surface area contributed by atoms with E-state index in [4.69, 9.17) is 5.73 Å². The molecule has 0 atom stereocenters. The van der Waals surface area contributed by atoms with Gasteiger partial charge in [-0.15, -0.1) is 0 Å². The van der Waals surface area contributed by atoms with Crippen molar-refractivity contribution in [3.63, 3.8) is 0 Å². The maximum atomic E-state index is 11.3. The van der Waals surface area contributed by atoms with E-state index in [0.717, 1.165) is 22.9 Å². The van der Waals surface area contributed by atoms with Gasteiger partial charge in [0.25, 0.3) is 0 Å². The highest BCUT2D eigenvalue weighted by atomic mass is 16.3. The number of phenols is 1. The van der Waals surface area contributed by atoms with Gasteiger partial charge in [0, 0.05) is 36.6 Å². The lowest BCUT2D eigenvalue weighted by molar-refractivity contribution is -0.120. The zero-order valence-electron chi connectivity index (χ0n) is 10.1. The summed E-state index contributed by atoms with van der Waals surface area (Å²) in [5, 5.41) is 13.3. The summed E-state index contributed by atoms with van der Waals surface area (Å²) in [4.78, 5) is 14.4. The van der Waals surface area contributed by atoms with E-state index in [0.29, 0.717) is 19.5 Å². The van der Waals surface area contributed by atoms with Gasteiger partial charge in [-0.25, -0.2) is 0 Å². The molecule has 0 radical (unpaired) electrons. The monoisotopic (exact) mass is 247 g/mol. The standard InChI is InChI=1S/C13H17N3O2/c14-5-3-13(18)15-6-4-9-8-16-12-2-1-10(17)7-11(9)12/h1-2,7-8,16-17H,3-6,14H2,(H,15,18). The Hall–Kier alpha value is -2.01. The molecule has 0 saturated carbocycles. The maximum Gasteiger partial charge on any atom is 0.221 e. The van der Waals surface area contributed by atoms with Gasteiger partial charge in [0.05, 0.1) is 0 Å². The molecule has 0 aliphatic carbocycles. The average molecular weight is 247 g/mol. The van der Waals surface area contributed by atoms with Crippen molar-refractivity contribution in [2.45, 2.75) is 12.8 Å². The van der Waals surface area contributed by atoms with E-state index in [-0.39, 0.29) is 11.7 Å². The fourth-order valence-electron chi connectivity index (χ4n) is 1.93. The van der Waals surface area contributed by atoms with Crippen LogP contribution in [-0.4, -0.2) is 29.1 Å². The highest BCUT2D eigenvalue weighted by Gasteiger charge is 2.05. The van der Waals surface area contributed by atoms with Crippen LogP contribution in [0.1, 0.15) is 12.0 Å². The second-order valence-electron chi connectivity index (χ2n) is 4.18. The van der Waals surface area contributed by atoms with Gasteiger partial charge in [-0.05, 0) is 30.2 Å². The first-order valence-corrected chi connectivity index (χ1v) is 5.96. The molecule has 0 aliphatic rings. The van der Waals surface area contributed by atoms with E-state index in [9.17, 15) is 9.90 Å². The number of H-pyrrole nitrogens is 1. The van der Waals surface area contributed by atoms with Gasteiger partial charge in [-0.3, -0.25) is 4.79 Å². The van der Waals surface area contributed by atoms with E-state index in [1.165, 1.54) is 0 Å². The summed E-state index contributed by atoms with van der Waals surface area (Å²) in [6.07, 6.45) is 2.98. The predicted molar refractivity (Wildman–Crippen MR) is 70.3 cm³/mol. The summed E-state index contributed by atoms with van der Waals surface area (Å²) < 4.78 is 0. The Morgan fingerprint density at radius 2 is 2.28 bits per heavy atom. The molecule has 2 aromatic rings. The highest BCUT2D eigenvalue weighted by Crippen LogP contribution is 2.22. The largest absolute Gasteiger partial charge is 0.508 e. The van der Waals surface area contributed by atoms with Crippen LogP contribution in [0.2, 0.25) is 0 Å². The molecule has 0 bridgehead atoms. The molecule has 5 nitrogen and oxygen atoms in total. The Kier molecular flexibility index (Phi) is 3.84. The zero-order chi connectivity index (χ0) is 13.0. The second kappa shape index (κ2) is 5.55. The lowest BCUT2D eigenvalue weighted by Gasteiger charge is -2.03.